The van der Waals surface area contributed by atoms with Crippen LogP contribution in [0.2, 0.25) is 0 Å². The molecule has 4 atom stereocenters. The summed E-state index contributed by atoms with van der Waals surface area (Å²) in [6.07, 6.45) is 7.61. The molecule has 0 spiro atoms. The minimum absolute atomic E-state index is 0.0676. The van der Waals surface area contributed by atoms with E-state index in [1.165, 1.54) is 6.08 Å². The lowest BCUT2D eigenvalue weighted by Crippen LogP contribution is -2.29. The first-order chi connectivity index (χ1) is 20.7. The predicted molar refractivity (Wildman–Crippen MR) is 172 cm³/mol. The number of carboxylic acid groups (broad SMARTS) is 2. The Hall–Kier alpha value is -4.25. The highest BCUT2D eigenvalue weighted by Crippen LogP contribution is 2.34. The molecule has 11 heteroatoms. The van der Waals surface area contributed by atoms with Gasteiger partial charge < -0.3 is 30.8 Å². The number of carbonyl (C=O) groups excluding carboxylic acids is 2. The Kier molecular flexibility index (Phi) is 9.78. The van der Waals surface area contributed by atoms with Crippen LogP contribution in [0, 0.1) is 25.7 Å². The van der Waals surface area contributed by atoms with Crippen LogP contribution in [0.15, 0.2) is 29.5 Å². The summed E-state index contributed by atoms with van der Waals surface area (Å²) in [7, 11) is 0. The highest BCUT2D eigenvalue weighted by atomic mass is 32.1. The minimum Gasteiger partial charge on any atom is -0.481 e. The molecule has 234 valence electrons. The Morgan fingerprint density at radius 3 is 2.16 bits per heavy atom. The van der Waals surface area contributed by atoms with Crippen LogP contribution in [-0.4, -0.2) is 55.2 Å². The maximum absolute atomic E-state index is 12.5. The number of aliphatic carboxylic acids is 2. The van der Waals surface area contributed by atoms with Crippen molar-refractivity contribution in [1.29, 1.82) is 0 Å². The van der Waals surface area contributed by atoms with Crippen molar-refractivity contribution in [2.75, 3.05) is 0 Å². The SMILES string of the molecule is C=CC1=C(C)[C@H](/C=c2/[nH]/c(=C\c3[nH]c(/C=C4\NC(=O)[C@H](C)[C@H]4[C@@H](C)S)c(C)c3CCC(=O)O)c(CCC(=O)O)c2C)NC1=O. The molecule has 0 radical (unpaired) electrons. The number of thiol groups is 1. The Labute approximate surface area is 261 Å². The van der Waals surface area contributed by atoms with E-state index in [0.29, 0.717) is 16.6 Å². The number of allylic oxidation sites excluding steroid dienone is 1. The summed E-state index contributed by atoms with van der Waals surface area (Å²) < 4.78 is 0. The number of carboxylic acids is 2. The Morgan fingerprint density at radius 2 is 1.59 bits per heavy atom. The van der Waals surface area contributed by atoms with Crippen molar-refractivity contribution < 1.29 is 29.4 Å². The fraction of sp³-hybridized carbons (Fsp3) is 0.394. The van der Waals surface area contributed by atoms with E-state index in [-0.39, 0.29) is 60.6 Å². The molecule has 44 heavy (non-hydrogen) atoms. The summed E-state index contributed by atoms with van der Waals surface area (Å²) in [5, 5.41) is 26.2. The van der Waals surface area contributed by atoms with Gasteiger partial charge in [0.1, 0.15) is 0 Å². The largest absolute Gasteiger partial charge is 0.481 e. The standard InChI is InChI=1S/C33H40N4O6S/c1-7-20-15(2)25(36-33(20)43)12-23-16(3)21(8-10-29(38)39)26(34-23)14-27-22(9-11-30(40)41)17(4)24(35-27)13-28-31(19(6)44)18(5)32(42)37-28/h7,12-14,18-19,25,31,34-35,44H,1,8-11H2,2-6H3,(H,36,43)(H,37,42)(H,38,39)(H,40,41)/b23-12+,26-14-,28-13-/t18-,19-,25+,31+/m1/s1. The molecular weight excluding hydrogens is 580 g/mol. The van der Waals surface area contributed by atoms with E-state index in [0.717, 1.165) is 44.6 Å². The molecule has 2 aliphatic rings. The number of aromatic nitrogens is 2. The van der Waals surface area contributed by atoms with E-state index in [4.69, 9.17) is 0 Å². The maximum Gasteiger partial charge on any atom is 0.303 e. The quantitative estimate of drug-likeness (QED) is 0.191. The van der Waals surface area contributed by atoms with E-state index in [9.17, 15) is 29.4 Å². The maximum atomic E-state index is 12.5. The molecule has 1 fully saturated rings. The van der Waals surface area contributed by atoms with Gasteiger partial charge in [-0.2, -0.15) is 12.6 Å². The second kappa shape index (κ2) is 13.2. The summed E-state index contributed by atoms with van der Waals surface area (Å²) in [5.41, 5.74) is 6.89. The van der Waals surface area contributed by atoms with Gasteiger partial charge in [-0.25, -0.2) is 0 Å². The smallest absolute Gasteiger partial charge is 0.303 e. The second-order valence-electron chi connectivity index (χ2n) is 11.6. The zero-order valence-electron chi connectivity index (χ0n) is 25.6. The predicted octanol–water partition coefficient (Wildman–Crippen LogP) is 2.65. The molecule has 0 aromatic carbocycles. The van der Waals surface area contributed by atoms with Gasteiger partial charge >= 0.3 is 11.9 Å². The average Bonchev–Trinajstić information content (AvgIpc) is 3.59. The Bertz CT molecular complexity index is 1720. The first-order valence-electron chi connectivity index (χ1n) is 14.6. The average molecular weight is 621 g/mol. The third kappa shape index (κ3) is 6.62. The van der Waals surface area contributed by atoms with Crippen molar-refractivity contribution in [1.82, 2.24) is 20.6 Å². The Balaban J connectivity index is 1.89. The fourth-order valence-corrected chi connectivity index (χ4v) is 6.58. The van der Waals surface area contributed by atoms with E-state index < -0.39 is 11.9 Å². The van der Waals surface area contributed by atoms with Crippen molar-refractivity contribution in [3.63, 3.8) is 0 Å². The summed E-state index contributed by atoms with van der Waals surface area (Å²) in [4.78, 5) is 54.8. The van der Waals surface area contributed by atoms with Gasteiger partial charge in [-0.3, -0.25) is 19.2 Å². The molecule has 2 aromatic heterocycles. The molecule has 2 aromatic rings. The molecule has 0 saturated carbocycles. The van der Waals surface area contributed by atoms with Crippen molar-refractivity contribution in [3.8, 4) is 0 Å². The van der Waals surface area contributed by atoms with Gasteiger partial charge in [0.2, 0.25) is 5.91 Å². The van der Waals surface area contributed by atoms with E-state index in [1.807, 2.05) is 52.8 Å². The monoisotopic (exact) mass is 620 g/mol. The van der Waals surface area contributed by atoms with Gasteiger partial charge in [0, 0.05) is 63.3 Å². The molecule has 0 unspecified atom stereocenters. The number of aromatic amines is 2. The minimum atomic E-state index is -0.924. The number of carbonyl (C=O) groups is 4. The first-order valence-corrected chi connectivity index (χ1v) is 15.2. The van der Waals surface area contributed by atoms with Gasteiger partial charge in [-0.15, -0.1) is 0 Å². The topological polar surface area (TPSA) is 164 Å². The third-order valence-electron chi connectivity index (χ3n) is 8.73. The molecule has 0 aliphatic carbocycles. The van der Waals surface area contributed by atoms with Crippen LogP contribution in [0.4, 0.5) is 0 Å². The lowest BCUT2D eigenvalue weighted by atomic mass is 9.91. The van der Waals surface area contributed by atoms with Crippen molar-refractivity contribution >= 4 is 54.6 Å². The molecule has 1 saturated heterocycles. The Morgan fingerprint density at radius 1 is 0.955 bits per heavy atom. The number of H-pyrrole nitrogens is 2. The highest BCUT2D eigenvalue weighted by molar-refractivity contribution is 7.80. The second-order valence-corrected chi connectivity index (χ2v) is 12.4. The van der Waals surface area contributed by atoms with Crippen LogP contribution in [0.1, 0.15) is 67.3 Å². The van der Waals surface area contributed by atoms with Crippen LogP contribution in [0.3, 0.4) is 0 Å². The molecule has 4 heterocycles. The van der Waals surface area contributed by atoms with Crippen LogP contribution in [0.5, 0.6) is 0 Å². The highest BCUT2D eigenvalue weighted by Gasteiger charge is 2.37. The lowest BCUT2D eigenvalue weighted by Gasteiger charge is -2.17. The van der Waals surface area contributed by atoms with Crippen molar-refractivity contribution in [3.05, 3.63) is 73.8 Å². The number of hydrogen-bond donors (Lipinski definition) is 7. The van der Waals surface area contributed by atoms with Gasteiger partial charge in [0.25, 0.3) is 5.91 Å². The third-order valence-corrected chi connectivity index (χ3v) is 9.05. The number of rotatable bonds is 11. The van der Waals surface area contributed by atoms with Gasteiger partial charge in [-0.05, 0) is 79.7 Å². The van der Waals surface area contributed by atoms with Crippen LogP contribution in [-0.2, 0) is 32.0 Å². The zero-order valence-corrected chi connectivity index (χ0v) is 26.5. The number of hydrogen-bond acceptors (Lipinski definition) is 5. The zero-order chi connectivity index (χ0) is 32.5. The molecule has 6 N–H and O–H groups in total. The van der Waals surface area contributed by atoms with E-state index in [2.05, 4.69) is 39.8 Å². The van der Waals surface area contributed by atoms with E-state index in [1.54, 1.807) is 0 Å². The number of nitrogens with one attached hydrogen (secondary N) is 4. The van der Waals surface area contributed by atoms with E-state index >= 15 is 0 Å². The summed E-state index contributed by atoms with van der Waals surface area (Å²) in [6.45, 7) is 13.2. The van der Waals surface area contributed by atoms with Crippen molar-refractivity contribution in [2.45, 2.75) is 71.6 Å². The molecule has 2 amide bonds. The van der Waals surface area contributed by atoms with Gasteiger partial charge in [0.15, 0.2) is 0 Å². The summed E-state index contributed by atoms with van der Waals surface area (Å²) in [5.74, 6) is -2.46. The van der Waals surface area contributed by atoms with Crippen LogP contribution in [0.25, 0.3) is 18.2 Å². The number of amides is 2. The molecule has 4 rings (SSSR count). The normalized spacial score (nSPS) is 22.6. The lowest BCUT2D eigenvalue weighted by molar-refractivity contribution is -0.138. The van der Waals surface area contributed by atoms with Gasteiger partial charge in [-0.1, -0.05) is 26.5 Å². The molecule has 0 bridgehead atoms. The molecular formula is C33H40N4O6S. The molecule has 10 nitrogen and oxygen atoms in total. The van der Waals surface area contributed by atoms with Crippen molar-refractivity contribution in [2.24, 2.45) is 11.8 Å². The van der Waals surface area contributed by atoms with Crippen LogP contribution < -0.4 is 21.3 Å². The summed E-state index contributed by atoms with van der Waals surface area (Å²) >= 11 is 4.62. The van der Waals surface area contributed by atoms with Gasteiger partial charge in [0.05, 0.1) is 6.04 Å². The summed E-state index contributed by atoms with van der Waals surface area (Å²) in [6, 6.07) is -0.351. The molecule has 2 aliphatic heterocycles. The first kappa shape index (κ1) is 32.7. The van der Waals surface area contributed by atoms with Crippen LogP contribution >= 0.6 is 12.6 Å². The fourth-order valence-electron chi connectivity index (χ4n) is 6.17.